The molecule has 2 fully saturated rings. The molecule has 9 heteroatoms. The van der Waals surface area contributed by atoms with E-state index in [4.69, 9.17) is 16.6 Å². The lowest BCUT2D eigenvalue weighted by Gasteiger charge is -2.39. The first-order chi connectivity index (χ1) is 24.1. The van der Waals surface area contributed by atoms with Gasteiger partial charge in [-0.2, -0.15) is 0 Å². The predicted molar refractivity (Wildman–Crippen MR) is 199 cm³/mol. The van der Waals surface area contributed by atoms with Crippen LogP contribution in [0.5, 0.6) is 0 Å². The van der Waals surface area contributed by atoms with Gasteiger partial charge < -0.3 is 9.80 Å². The minimum Gasteiger partial charge on any atom is -0.354 e. The molecule has 49 heavy (non-hydrogen) atoms. The zero-order valence-corrected chi connectivity index (χ0v) is 29.1. The van der Waals surface area contributed by atoms with Crippen LogP contribution in [0.25, 0.3) is 0 Å². The molecule has 0 saturated carbocycles. The highest BCUT2D eigenvalue weighted by Gasteiger charge is 2.28. The van der Waals surface area contributed by atoms with Crippen molar-refractivity contribution in [1.82, 2.24) is 24.7 Å². The number of aromatic nitrogens is 2. The number of benzene rings is 4. The quantitative estimate of drug-likeness (QED) is 0.0868. The van der Waals surface area contributed by atoms with Gasteiger partial charge in [-0.3, -0.25) is 14.6 Å². The van der Waals surface area contributed by atoms with E-state index in [1.807, 2.05) is 35.2 Å². The Morgan fingerprint density at radius 1 is 0.673 bits per heavy atom. The molecule has 0 aliphatic carbocycles. The molecule has 2 aliphatic rings. The van der Waals surface area contributed by atoms with Gasteiger partial charge in [0.25, 0.3) is 5.91 Å². The number of nitrogens with zero attached hydrogens (tertiary/aromatic N) is 6. The molecule has 0 spiro atoms. The highest BCUT2D eigenvalue weighted by atomic mass is 35.5. The number of piperazine rings is 2. The summed E-state index contributed by atoms with van der Waals surface area (Å²) in [5.74, 6) is 1.65. The number of anilines is 1. The molecule has 1 aromatic heterocycles. The average molecular weight is 689 g/mol. The lowest BCUT2D eigenvalue weighted by atomic mass is 9.96. The third-order valence-corrected chi connectivity index (χ3v) is 10.5. The summed E-state index contributed by atoms with van der Waals surface area (Å²) in [5, 5.41) is 1.12. The number of halogens is 1. The van der Waals surface area contributed by atoms with Crippen molar-refractivity contribution in [2.24, 2.45) is 0 Å². The summed E-state index contributed by atoms with van der Waals surface area (Å²) in [4.78, 5) is 32.1. The molecule has 0 atom stereocenters. The Labute approximate surface area is 298 Å². The topological polar surface area (TPSA) is 55.8 Å². The highest BCUT2D eigenvalue weighted by molar-refractivity contribution is 7.98. The molecule has 0 radical (unpaired) electrons. The van der Waals surface area contributed by atoms with Crippen molar-refractivity contribution in [3.63, 3.8) is 0 Å². The van der Waals surface area contributed by atoms with Crippen LogP contribution >= 0.6 is 23.4 Å². The SMILES string of the molecule is O=C(c1ccc(CSc2nc(Cl)cc(N3CCN(Cc4ccccc4)CC3)n2)cc1)N1CCN(C(c2ccccc2)c2ccccc2)CC1. The fraction of sp³-hybridized carbons (Fsp3) is 0.275. The molecule has 3 heterocycles. The second-order valence-corrected chi connectivity index (χ2v) is 13.9. The lowest BCUT2D eigenvalue weighted by Crippen LogP contribution is -2.49. The van der Waals surface area contributed by atoms with Crippen molar-refractivity contribution >= 4 is 35.1 Å². The Balaban J connectivity index is 0.915. The van der Waals surface area contributed by atoms with Gasteiger partial charge in [-0.05, 0) is 34.4 Å². The van der Waals surface area contributed by atoms with Crippen LogP contribution in [0, 0.1) is 0 Å². The molecule has 7 rings (SSSR count). The Kier molecular flexibility index (Phi) is 10.9. The van der Waals surface area contributed by atoms with Gasteiger partial charge in [0.15, 0.2) is 5.16 Å². The van der Waals surface area contributed by atoms with E-state index in [1.54, 1.807) is 11.8 Å². The maximum Gasteiger partial charge on any atom is 0.253 e. The second-order valence-electron chi connectivity index (χ2n) is 12.6. The molecule has 5 aromatic rings. The molecule has 7 nitrogen and oxygen atoms in total. The maximum absolute atomic E-state index is 13.5. The monoisotopic (exact) mass is 688 g/mol. The summed E-state index contributed by atoms with van der Waals surface area (Å²) in [6.07, 6.45) is 0. The van der Waals surface area contributed by atoms with Crippen molar-refractivity contribution < 1.29 is 4.79 Å². The van der Waals surface area contributed by atoms with Crippen LogP contribution in [0.2, 0.25) is 5.15 Å². The maximum atomic E-state index is 13.5. The van der Waals surface area contributed by atoms with Gasteiger partial charge >= 0.3 is 0 Å². The fourth-order valence-corrected chi connectivity index (χ4v) is 7.77. The van der Waals surface area contributed by atoms with E-state index in [-0.39, 0.29) is 11.9 Å². The number of carbonyl (C=O) groups excluding carboxylic acids is 1. The van der Waals surface area contributed by atoms with Gasteiger partial charge in [-0.15, -0.1) is 0 Å². The molecule has 250 valence electrons. The van der Waals surface area contributed by atoms with Gasteiger partial charge in [-0.1, -0.05) is 126 Å². The van der Waals surface area contributed by atoms with Crippen LogP contribution in [-0.2, 0) is 12.3 Å². The molecule has 0 bridgehead atoms. The first-order valence-electron chi connectivity index (χ1n) is 17.0. The molecule has 1 amide bonds. The second kappa shape index (κ2) is 16.0. The van der Waals surface area contributed by atoms with Crippen LogP contribution < -0.4 is 4.90 Å². The number of hydrogen-bond acceptors (Lipinski definition) is 7. The average Bonchev–Trinajstić information content (AvgIpc) is 3.16. The lowest BCUT2D eigenvalue weighted by molar-refractivity contribution is 0.0597. The van der Waals surface area contributed by atoms with Crippen LogP contribution in [0.3, 0.4) is 0 Å². The van der Waals surface area contributed by atoms with Crippen molar-refractivity contribution in [1.29, 1.82) is 0 Å². The van der Waals surface area contributed by atoms with Crippen LogP contribution in [0.1, 0.15) is 38.7 Å². The number of carbonyl (C=O) groups is 1. The molecule has 4 aromatic carbocycles. The molecule has 2 aliphatic heterocycles. The normalized spacial score (nSPS) is 15.9. The van der Waals surface area contributed by atoms with Gasteiger partial charge in [0.2, 0.25) is 0 Å². The minimum atomic E-state index is 0.0847. The van der Waals surface area contributed by atoms with Crippen molar-refractivity contribution in [3.8, 4) is 0 Å². The summed E-state index contributed by atoms with van der Waals surface area (Å²) in [6, 6.07) is 41.9. The molecule has 0 N–H and O–H groups in total. The van der Waals surface area contributed by atoms with Gasteiger partial charge in [0, 0.05) is 76.3 Å². The van der Waals surface area contributed by atoms with Crippen LogP contribution in [-0.4, -0.2) is 82.9 Å². The smallest absolute Gasteiger partial charge is 0.253 e. The Hall–Kier alpha value is -4.21. The number of amides is 1. The molecule has 2 saturated heterocycles. The fourth-order valence-electron chi connectivity index (χ4n) is 6.73. The van der Waals surface area contributed by atoms with Gasteiger partial charge in [-0.25, -0.2) is 9.97 Å². The minimum absolute atomic E-state index is 0.0847. The third kappa shape index (κ3) is 8.51. The van der Waals surface area contributed by atoms with Crippen molar-refractivity contribution in [2.75, 3.05) is 57.3 Å². The van der Waals surface area contributed by atoms with E-state index in [0.29, 0.717) is 29.2 Å². The van der Waals surface area contributed by atoms with E-state index < -0.39 is 0 Å². The van der Waals surface area contributed by atoms with E-state index in [0.717, 1.165) is 62.8 Å². The van der Waals surface area contributed by atoms with Crippen LogP contribution in [0.4, 0.5) is 5.82 Å². The van der Waals surface area contributed by atoms with E-state index in [2.05, 4.69) is 111 Å². The predicted octanol–water partition coefficient (Wildman–Crippen LogP) is 7.29. The number of hydrogen-bond donors (Lipinski definition) is 0. The van der Waals surface area contributed by atoms with Crippen LogP contribution in [0.15, 0.2) is 126 Å². The molecular weight excluding hydrogens is 648 g/mol. The first kappa shape index (κ1) is 33.3. The first-order valence-corrected chi connectivity index (χ1v) is 18.4. The number of thioether (sulfide) groups is 1. The van der Waals surface area contributed by atoms with Crippen molar-refractivity contribution in [2.45, 2.75) is 23.5 Å². The molecular formula is C40H41ClN6OS. The molecule has 0 unspecified atom stereocenters. The standard InChI is InChI=1S/C40H41ClN6OS/c41-36-28-37(45-22-20-44(21-23-45)29-31-10-4-1-5-11-31)43-40(42-36)49-30-32-16-18-35(19-17-32)39(48)47-26-24-46(25-27-47)38(33-12-6-2-7-13-33)34-14-8-3-9-15-34/h1-19,28,38H,20-27,29-30H2. The summed E-state index contributed by atoms with van der Waals surface area (Å²) >= 11 is 8.02. The van der Waals surface area contributed by atoms with E-state index >= 15 is 0 Å². The van der Waals surface area contributed by atoms with E-state index in [1.165, 1.54) is 16.7 Å². The van der Waals surface area contributed by atoms with Gasteiger partial charge in [0.1, 0.15) is 11.0 Å². The Bertz CT molecular complexity index is 1760. The summed E-state index contributed by atoms with van der Waals surface area (Å²) in [7, 11) is 0. The largest absolute Gasteiger partial charge is 0.354 e. The summed E-state index contributed by atoms with van der Waals surface area (Å²) < 4.78 is 0. The summed E-state index contributed by atoms with van der Waals surface area (Å²) in [5.41, 5.74) is 5.72. The highest BCUT2D eigenvalue weighted by Crippen LogP contribution is 2.30. The zero-order chi connectivity index (χ0) is 33.4. The summed E-state index contributed by atoms with van der Waals surface area (Å²) in [6.45, 7) is 7.74. The van der Waals surface area contributed by atoms with Gasteiger partial charge in [0.05, 0.1) is 6.04 Å². The Morgan fingerprint density at radius 2 is 1.27 bits per heavy atom. The number of rotatable bonds is 10. The third-order valence-electron chi connectivity index (χ3n) is 9.37. The van der Waals surface area contributed by atoms with E-state index in [9.17, 15) is 4.79 Å². The van der Waals surface area contributed by atoms with Crippen molar-refractivity contribution in [3.05, 3.63) is 154 Å². The Morgan fingerprint density at radius 3 is 1.88 bits per heavy atom. The zero-order valence-electron chi connectivity index (χ0n) is 27.6.